The van der Waals surface area contributed by atoms with Gasteiger partial charge in [-0.1, -0.05) is 0 Å². The van der Waals surface area contributed by atoms with Crippen molar-refractivity contribution >= 4 is 9.84 Å². The van der Waals surface area contributed by atoms with E-state index in [1.807, 2.05) is 6.92 Å². The van der Waals surface area contributed by atoms with Crippen molar-refractivity contribution in [2.75, 3.05) is 18.9 Å². The van der Waals surface area contributed by atoms with Crippen LogP contribution < -0.4 is 5.73 Å². The molecule has 1 rings (SSSR count). The van der Waals surface area contributed by atoms with E-state index in [-0.39, 0.29) is 17.1 Å². The van der Waals surface area contributed by atoms with Gasteiger partial charge in [-0.15, -0.1) is 0 Å². The van der Waals surface area contributed by atoms with Crippen LogP contribution in [0.3, 0.4) is 0 Å². The van der Waals surface area contributed by atoms with Crippen LogP contribution in [-0.2, 0) is 14.6 Å². The fraction of sp³-hybridized carbons (Fsp3) is 1.00. The summed E-state index contributed by atoms with van der Waals surface area (Å²) in [5.41, 5.74) is 5.32. The van der Waals surface area contributed by atoms with Gasteiger partial charge >= 0.3 is 0 Å². The van der Waals surface area contributed by atoms with Gasteiger partial charge in [-0.05, 0) is 32.7 Å². The predicted octanol–water partition coefficient (Wildman–Crippen LogP) is 0.318. The van der Waals surface area contributed by atoms with E-state index >= 15 is 0 Å². The summed E-state index contributed by atoms with van der Waals surface area (Å²) in [7, 11) is -2.96. The van der Waals surface area contributed by atoms with Gasteiger partial charge in [0.2, 0.25) is 0 Å². The third kappa shape index (κ3) is 2.93. The van der Waals surface area contributed by atoms with Gasteiger partial charge in [-0.25, -0.2) is 8.42 Å². The van der Waals surface area contributed by atoms with Gasteiger partial charge < -0.3 is 10.5 Å². The van der Waals surface area contributed by atoms with Crippen LogP contribution in [0.1, 0.15) is 26.2 Å². The van der Waals surface area contributed by atoms with Gasteiger partial charge in [-0.3, -0.25) is 0 Å². The minimum atomic E-state index is -2.96. The summed E-state index contributed by atoms with van der Waals surface area (Å²) >= 11 is 0. The Morgan fingerprint density at radius 3 is 2.64 bits per heavy atom. The van der Waals surface area contributed by atoms with E-state index in [0.717, 1.165) is 6.42 Å². The van der Waals surface area contributed by atoms with E-state index in [9.17, 15) is 8.42 Å². The highest BCUT2D eigenvalue weighted by Crippen LogP contribution is 2.22. The highest BCUT2D eigenvalue weighted by Gasteiger charge is 2.34. The topological polar surface area (TPSA) is 69.4 Å². The van der Waals surface area contributed by atoms with Crippen molar-refractivity contribution in [3.8, 4) is 0 Å². The third-order valence-electron chi connectivity index (χ3n) is 2.65. The molecule has 0 radical (unpaired) electrons. The molecule has 0 aliphatic carbocycles. The minimum Gasteiger partial charge on any atom is -0.377 e. The molecule has 0 amide bonds. The van der Waals surface area contributed by atoms with Crippen molar-refractivity contribution in [2.24, 2.45) is 5.73 Å². The second kappa shape index (κ2) is 5.09. The molecular weight excluding hydrogens is 202 g/mol. The Bertz CT molecular complexity index is 263. The third-order valence-corrected chi connectivity index (χ3v) is 5.05. The molecule has 5 heteroatoms. The van der Waals surface area contributed by atoms with E-state index in [1.54, 1.807) is 0 Å². The lowest BCUT2D eigenvalue weighted by Crippen LogP contribution is -2.30. The summed E-state index contributed by atoms with van der Waals surface area (Å²) in [6.45, 7) is 2.96. The van der Waals surface area contributed by atoms with Gasteiger partial charge in [0.05, 0.1) is 17.1 Å². The molecule has 0 saturated carbocycles. The monoisotopic (exact) mass is 221 g/mol. The smallest absolute Gasteiger partial charge is 0.155 e. The molecule has 1 aliphatic heterocycles. The quantitative estimate of drug-likeness (QED) is 0.679. The molecule has 2 unspecified atom stereocenters. The Hall–Kier alpha value is -0.130. The number of nitrogens with two attached hydrogens (primary N) is 1. The molecule has 0 aromatic carbocycles. The maximum absolute atomic E-state index is 11.8. The lowest BCUT2D eigenvalue weighted by molar-refractivity contribution is 0.126. The van der Waals surface area contributed by atoms with Crippen molar-refractivity contribution in [2.45, 2.75) is 37.5 Å². The summed E-state index contributed by atoms with van der Waals surface area (Å²) in [5, 5.41) is -0.291. The number of sulfone groups is 1. The highest BCUT2D eigenvalue weighted by atomic mass is 32.2. The predicted molar refractivity (Wildman–Crippen MR) is 55.9 cm³/mol. The number of hydrogen-bond donors (Lipinski definition) is 1. The van der Waals surface area contributed by atoms with Gasteiger partial charge in [-0.2, -0.15) is 0 Å². The van der Waals surface area contributed by atoms with E-state index in [4.69, 9.17) is 10.5 Å². The molecule has 0 spiro atoms. The zero-order valence-electron chi connectivity index (χ0n) is 8.61. The largest absolute Gasteiger partial charge is 0.377 e. The summed E-state index contributed by atoms with van der Waals surface area (Å²) in [4.78, 5) is 0. The number of hydrogen-bond acceptors (Lipinski definition) is 4. The molecule has 0 bridgehead atoms. The number of ether oxygens (including phenoxy) is 1. The van der Waals surface area contributed by atoms with Gasteiger partial charge in [0, 0.05) is 6.61 Å². The molecule has 0 aromatic heterocycles. The van der Waals surface area contributed by atoms with Crippen LogP contribution in [0.5, 0.6) is 0 Å². The molecule has 0 aromatic rings. The zero-order valence-corrected chi connectivity index (χ0v) is 9.42. The lowest BCUT2D eigenvalue weighted by atomic mass is 10.3. The Kier molecular flexibility index (Phi) is 4.34. The van der Waals surface area contributed by atoms with E-state index < -0.39 is 9.84 Å². The number of rotatable bonds is 5. The van der Waals surface area contributed by atoms with Crippen LogP contribution in [0.15, 0.2) is 0 Å². The van der Waals surface area contributed by atoms with Gasteiger partial charge in [0.25, 0.3) is 0 Å². The average Bonchev–Trinajstić information content (AvgIpc) is 2.52. The Morgan fingerprint density at radius 2 is 2.14 bits per heavy atom. The zero-order chi connectivity index (χ0) is 10.6. The van der Waals surface area contributed by atoms with Crippen LogP contribution in [0.25, 0.3) is 0 Å². The Morgan fingerprint density at radius 1 is 1.43 bits per heavy atom. The second-order valence-electron chi connectivity index (χ2n) is 3.77. The molecule has 2 atom stereocenters. The summed E-state index contributed by atoms with van der Waals surface area (Å²) in [5.74, 6) is 0.253. The van der Waals surface area contributed by atoms with Crippen molar-refractivity contribution in [1.29, 1.82) is 0 Å². The first-order valence-corrected chi connectivity index (χ1v) is 6.82. The van der Waals surface area contributed by atoms with E-state index in [1.165, 1.54) is 0 Å². The maximum Gasteiger partial charge on any atom is 0.155 e. The molecular formula is C9H19NO3S. The fourth-order valence-electron chi connectivity index (χ4n) is 1.78. The molecule has 1 heterocycles. The Balaban J connectivity index is 2.47. The van der Waals surface area contributed by atoms with Crippen molar-refractivity contribution in [3.63, 3.8) is 0 Å². The highest BCUT2D eigenvalue weighted by molar-refractivity contribution is 7.92. The molecule has 1 fully saturated rings. The van der Waals surface area contributed by atoms with Crippen LogP contribution in [0.2, 0.25) is 0 Å². The molecule has 1 saturated heterocycles. The first kappa shape index (κ1) is 11.9. The summed E-state index contributed by atoms with van der Waals surface area (Å²) in [6.07, 6.45) is 1.95. The normalized spacial score (nSPS) is 28.1. The minimum absolute atomic E-state index is 0.141. The van der Waals surface area contributed by atoms with E-state index in [0.29, 0.717) is 26.0 Å². The standard InChI is InChI=1S/C9H19NO3S/c1-8-9(4-6-13-8)14(11,12)7-3-2-5-10/h8-9H,2-7,10H2,1H3. The van der Waals surface area contributed by atoms with Gasteiger partial charge in [0.15, 0.2) is 9.84 Å². The van der Waals surface area contributed by atoms with Crippen LogP contribution in [-0.4, -0.2) is 38.7 Å². The number of unbranched alkanes of at least 4 members (excludes halogenated alkanes) is 1. The molecule has 2 N–H and O–H groups in total. The SMILES string of the molecule is CC1OCCC1S(=O)(=O)CCCCN. The van der Waals surface area contributed by atoms with E-state index in [2.05, 4.69) is 0 Å². The van der Waals surface area contributed by atoms with Gasteiger partial charge in [0.1, 0.15) is 0 Å². The lowest BCUT2D eigenvalue weighted by Gasteiger charge is -2.14. The average molecular weight is 221 g/mol. The van der Waals surface area contributed by atoms with Crippen molar-refractivity contribution < 1.29 is 13.2 Å². The fourth-order valence-corrected chi connectivity index (χ4v) is 3.81. The molecule has 4 nitrogen and oxygen atoms in total. The maximum atomic E-state index is 11.8. The van der Waals surface area contributed by atoms with Crippen LogP contribution in [0, 0.1) is 0 Å². The summed E-state index contributed by atoms with van der Waals surface area (Å²) < 4.78 is 28.8. The van der Waals surface area contributed by atoms with Crippen LogP contribution >= 0.6 is 0 Å². The van der Waals surface area contributed by atoms with Crippen molar-refractivity contribution in [1.82, 2.24) is 0 Å². The summed E-state index contributed by atoms with van der Waals surface area (Å²) in [6, 6.07) is 0. The van der Waals surface area contributed by atoms with Crippen LogP contribution in [0.4, 0.5) is 0 Å². The Labute approximate surface area is 85.7 Å². The molecule has 84 valence electrons. The van der Waals surface area contributed by atoms with Crippen molar-refractivity contribution in [3.05, 3.63) is 0 Å². The molecule has 1 aliphatic rings. The second-order valence-corrected chi connectivity index (χ2v) is 6.11. The first-order valence-electron chi connectivity index (χ1n) is 5.11. The molecule has 14 heavy (non-hydrogen) atoms. The first-order chi connectivity index (χ1) is 6.58.